The molecule has 1 atom stereocenters. The van der Waals surface area contributed by atoms with Gasteiger partial charge in [0.15, 0.2) is 0 Å². The molecule has 2 aliphatic rings. The van der Waals surface area contributed by atoms with Gasteiger partial charge in [0.25, 0.3) is 0 Å². The highest BCUT2D eigenvalue weighted by atomic mass is 35.5. The van der Waals surface area contributed by atoms with Crippen molar-refractivity contribution in [3.63, 3.8) is 0 Å². The maximum absolute atomic E-state index is 11.8. The van der Waals surface area contributed by atoms with Gasteiger partial charge in [-0.1, -0.05) is 35.9 Å². The molecule has 0 saturated carbocycles. The van der Waals surface area contributed by atoms with Gasteiger partial charge in [-0.2, -0.15) is 0 Å². The van der Waals surface area contributed by atoms with Gasteiger partial charge in [0.05, 0.1) is 12.6 Å². The molecule has 4 heteroatoms. The van der Waals surface area contributed by atoms with Crippen molar-refractivity contribution in [2.75, 3.05) is 13.1 Å². The van der Waals surface area contributed by atoms with Crippen molar-refractivity contribution in [1.82, 2.24) is 10.0 Å². The first-order valence-electron chi connectivity index (χ1n) is 6.14. The zero-order valence-electron chi connectivity index (χ0n) is 10.1. The van der Waals surface area contributed by atoms with E-state index in [1.54, 1.807) is 0 Å². The van der Waals surface area contributed by atoms with Gasteiger partial charge in [0.2, 0.25) is 5.91 Å². The molecule has 2 saturated heterocycles. The topological polar surface area (TPSA) is 23.6 Å². The molecule has 0 radical (unpaired) electrons. The molecule has 94 valence electrons. The summed E-state index contributed by atoms with van der Waals surface area (Å²) >= 11 is 6.05. The van der Waals surface area contributed by atoms with Crippen LogP contribution >= 0.6 is 11.6 Å². The van der Waals surface area contributed by atoms with Crippen molar-refractivity contribution in [1.29, 1.82) is 0 Å². The second-order valence-corrected chi connectivity index (χ2v) is 5.33. The smallest absolute Gasteiger partial charge is 0.238 e. The van der Waals surface area contributed by atoms with Gasteiger partial charge < -0.3 is 0 Å². The van der Waals surface area contributed by atoms with Crippen LogP contribution in [-0.2, 0) is 4.79 Å². The lowest BCUT2D eigenvalue weighted by Crippen LogP contribution is -2.46. The molecule has 2 fully saturated rings. The number of benzene rings is 1. The van der Waals surface area contributed by atoms with E-state index < -0.39 is 0 Å². The zero-order chi connectivity index (χ0) is 12.7. The maximum Gasteiger partial charge on any atom is 0.238 e. The maximum atomic E-state index is 11.8. The van der Waals surface area contributed by atoms with E-state index in [0.717, 1.165) is 29.1 Å². The van der Waals surface area contributed by atoms with Crippen LogP contribution in [0, 0.1) is 0 Å². The Kier molecular flexibility index (Phi) is 2.88. The predicted molar refractivity (Wildman–Crippen MR) is 71.0 cm³/mol. The fraction of sp³-hybridized carbons (Fsp3) is 0.357. The summed E-state index contributed by atoms with van der Waals surface area (Å²) in [6.45, 7) is 5.51. The van der Waals surface area contributed by atoms with E-state index >= 15 is 0 Å². The number of rotatable bonds is 1. The molecule has 18 heavy (non-hydrogen) atoms. The lowest BCUT2D eigenvalue weighted by atomic mass is 9.97. The molecule has 0 N–H and O–H groups in total. The number of hydrazine groups is 1. The fourth-order valence-corrected chi connectivity index (χ4v) is 2.96. The Morgan fingerprint density at radius 3 is 3.00 bits per heavy atom. The van der Waals surface area contributed by atoms with Crippen molar-refractivity contribution in [2.45, 2.75) is 18.9 Å². The first-order valence-corrected chi connectivity index (χ1v) is 6.52. The highest BCUT2D eigenvalue weighted by Crippen LogP contribution is 2.37. The highest BCUT2D eigenvalue weighted by molar-refractivity contribution is 6.30. The SMILES string of the molecule is C=C1CC(c2cccc(Cl)c2)N2CCC(=O)N2C1. The third kappa shape index (κ3) is 1.93. The number of fused-ring (bicyclic) bond motifs is 1. The van der Waals surface area contributed by atoms with Crippen molar-refractivity contribution in [3.8, 4) is 0 Å². The standard InChI is InChI=1S/C14H15ClN2O/c1-10-7-13(11-3-2-4-12(15)8-11)16-6-5-14(18)17(16)9-10/h2-4,8,13H,1,5-7,9H2. The highest BCUT2D eigenvalue weighted by Gasteiger charge is 2.38. The first kappa shape index (κ1) is 11.8. The number of carbonyl (C=O) groups excluding carboxylic acids is 1. The van der Waals surface area contributed by atoms with E-state index in [1.807, 2.05) is 23.2 Å². The number of halogens is 1. The van der Waals surface area contributed by atoms with E-state index in [4.69, 9.17) is 11.6 Å². The van der Waals surface area contributed by atoms with Crippen molar-refractivity contribution in [3.05, 3.63) is 47.0 Å². The summed E-state index contributed by atoms with van der Waals surface area (Å²) < 4.78 is 0. The van der Waals surface area contributed by atoms with Crippen LogP contribution in [-0.4, -0.2) is 29.0 Å². The predicted octanol–water partition coefficient (Wildman–Crippen LogP) is 2.79. The summed E-state index contributed by atoms with van der Waals surface area (Å²) in [5.74, 6) is 0.197. The van der Waals surface area contributed by atoms with Crippen LogP contribution < -0.4 is 0 Å². The van der Waals surface area contributed by atoms with Gasteiger partial charge in [0, 0.05) is 18.0 Å². The monoisotopic (exact) mass is 262 g/mol. The Morgan fingerprint density at radius 1 is 1.39 bits per heavy atom. The van der Waals surface area contributed by atoms with E-state index in [-0.39, 0.29) is 11.9 Å². The van der Waals surface area contributed by atoms with E-state index in [1.165, 1.54) is 0 Å². The Balaban J connectivity index is 1.95. The third-order valence-corrected chi connectivity index (χ3v) is 3.84. The van der Waals surface area contributed by atoms with E-state index in [9.17, 15) is 4.79 Å². The van der Waals surface area contributed by atoms with E-state index in [2.05, 4.69) is 17.7 Å². The van der Waals surface area contributed by atoms with Gasteiger partial charge in [-0.15, -0.1) is 0 Å². The molecule has 2 heterocycles. The Morgan fingerprint density at radius 2 is 2.22 bits per heavy atom. The summed E-state index contributed by atoms with van der Waals surface area (Å²) in [5.41, 5.74) is 2.26. The molecule has 0 bridgehead atoms. The van der Waals surface area contributed by atoms with Gasteiger partial charge in [0.1, 0.15) is 0 Å². The molecule has 1 amide bonds. The second-order valence-electron chi connectivity index (χ2n) is 4.89. The number of amides is 1. The summed E-state index contributed by atoms with van der Waals surface area (Å²) in [6.07, 6.45) is 1.49. The summed E-state index contributed by atoms with van der Waals surface area (Å²) in [7, 11) is 0. The van der Waals surface area contributed by atoms with Crippen molar-refractivity contribution in [2.24, 2.45) is 0 Å². The molecule has 1 unspecified atom stereocenters. The minimum absolute atomic E-state index is 0.191. The van der Waals surface area contributed by atoms with Crippen LogP contribution in [0.3, 0.4) is 0 Å². The van der Waals surface area contributed by atoms with Gasteiger partial charge >= 0.3 is 0 Å². The number of hydrogen-bond acceptors (Lipinski definition) is 2. The van der Waals surface area contributed by atoms with Crippen LogP contribution in [0.4, 0.5) is 0 Å². The number of carbonyl (C=O) groups is 1. The largest absolute Gasteiger partial charge is 0.273 e. The minimum Gasteiger partial charge on any atom is -0.273 e. The molecular weight excluding hydrogens is 248 g/mol. The summed E-state index contributed by atoms with van der Waals surface area (Å²) in [5, 5.41) is 4.72. The summed E-state index contributed by atoms with van der Waals surface area (Å²) in [6, 6.07) is 8.06. The molecule has 0 aromatic heterocycles. The molecule has 3 nitrogen and oxygen atoms in total. The molecule has 1 aromatic rings. The average Bonchev–Trinajstić information content (AvgIpc) is 2.70. The molecule has 3 rings (SSSR count). The van der Waals surface area contributed by atoms with Gasteiger partial charge in [-0.3, -0.25) is 9.80 Å². The molecular formula is C14H15ClN2O. The molecule has 2 aliphatic heterocycles. The van der Waals surface area contributed by atoms with Crippen LogP contribution in [0.5, 0.6) is 0 Å². The van der Waals surface area contributed by atoms with E-state index in [0.29, 0.717) is 13.0 Å². The summed E-state index contributed by atoms with van der Waals surface area (Å²) in [4.78, 5) is 11.8. The Hall–Kier alpha value is -1.32. The lowest BCUT2D eigenvalue weighted by molar-refractivity contribution is -0.142. The molecule has 0 aliphatic carbocycles. The van der Waals surface area contributed by atoms with Crippen LogP contribution in [0.25, 0.3) is 0 Å². The Bertz CT molecular complexity index is 514. The number of hydrogen-bond donors (Lipinski definition) is 0. The van der Waals surface area contributed by atoms with Gasteiger partial charge in [-0.05, 0) is 24.1 Å². The molecule has 0 spiro atoms. The van der Waals surface area contributed by atoms with Crippen LogP contribution in [0.2, 0.25) is 5.02 Å². The molecule has 1 aromatic carbocycles. The minimum atomic E-state index is 0.191. The number of nitrogens with zero attached hydrogens (tertiary/aromatic N) is 2. The van der Waals surface area contributed by atoms with Gasteiger partial charge in [-0.25, -0.2) is 5.01 Å². The lowest BCUT2D eigenvalue weighted by Gasteiger charge is -2.40. The van der Waals surface area contributed by atoms with Crippen LogP contribution in [0.15, 0.2) is 36.4 Å². The van der Waals surface area contributed by atoms with Crippen molar-refractivity contribution < 1.29 is 4.79 Å². The normalized spacial score (nSPS) is 24.5. The first-order chi connectivity index (χ1) is 8.65. The third-order valence-electron chi connectivity index (χ3n) is 3.60. The quantitative estimate of drug-likeness (QED) is 0.727. The van der Waals surface area contributed by atoms with Crippen molar-refractivity contribution >= 4 is 17.5 Å². The second kappa shape index (κ2) is 4.41. The fourth-order valence-electron chi connectivity index (χ4n) is 2.77. The van der Waals surface area contributed by atoms with Crippen LogP contribution in [0.1, 0.15) is 24.4 Å². The average molecular weight is 263 g/mol. The Labute approximate surface area is 112 Å². The zero-order valence-corrected chi connectivity index (χ0v) is 10.9.